The van der Waals surface area contributed by atoms with Crippen LogP contribution in [0.2, 0.25) is 0 Å². The molecule has 28 heavy (non-hydrogen) atoms. The van der Waals surface area contributed by atoms with Crippen LogP contribution in [0.25, 0.3) is 10.2 Å². The number of amides is 1. The fourth-order valence-corrected chi connectivity index (χ4v) is 3.96. The van der Waals surface area contributed by atoms with Crippen molar-refractivity contribution in [2.75, 3.05) is 4.90 Å². The van der Waals surface area contributed by atoms with E-state index >= 15 is 0 Å². The molecule has 2 heterocycles. The number of carbonyl (C=O) groups excluding carboxylic acids is 1. The summed E-state index contributed by atoms with van der Waals surface area (Å²) < 4.78 is 14.3. The Morgan fingerprint density at radius 2 is 1.86 bits per heavy atom. The van der Waals surface area contributed by atoms with Crippen LogP contribution in [0.1, 0.15) is 17.7 Å². The molecule has 140 valence electrons. The predicted molar refractivity (Wildman–Crippen MR) is 110 cm³/mol. The first-order valence-corrected chi connectivity index (χ1v) is 9.81. The summed E-state index contributed by atoms with van der Waals surface area (Å²) in [6.45, 7) is 0.330. The van der Waals surface area contributed by atoms with Crippen LogP contribution in [0.4, 0.5) is 9.52 Å². The molecule has 0 unspecified atom stereocenters. The van der Waals surface area contributed by atoms with Gasteiger partial charge in [0.2, 0.25) is 5.91 Å². The van der Waals surface area contributed by atoms with Gasteiger partial charge in [0.05, 0.1) is 22.5 Å². The van der Waals surface area contributed by atoms with E-state index in [2.05, 4.69) is 9.97 Å². The molecular formula is C22H18FN3OS. The summed E-state index contributed by atoms with van der Waals surface area (Å²) in [4.78, 5) is 23.6. The van der Waals surface area contributed by atoms with Gasteiger partial charge in [-0.1, -0.05) is 47.7 Å². The zero-order valence-electron chi connectivity index (χ0n) is 15.1. The number of aryl methyl sites for hydroxylation is 1. The monoisotopic (exact) mass is 391 g/mol. The smallest absolute Gasteiger partial charge is 0.229 e. The number of fused-ring (bicyclic) bond motifs is 1. The van der Waals surface area contributed by atoms with Gasteiger partial charge in [-0.15, -0.1) is 0 Å². The van der Waals surface area contributed by atoms with Crippen molar-refractivity contribution in [2.24, 2.45) is 0 Å². The SMILES string of the molecule is O=C(CCc1ccccc1)N(Cc1ccccn1)c1nc2ccc(F)cc2s1. The highest BCUT2D eigenvalue weighted by Crippen LogP contribution is 2.30. The van der Waals surface area contributed by atoms with Crippen LogP contribution >= 0.6 is 11.3 Å². The Bertz CT molecular complexity index is 1080. The molecule has 6 heteroatoms. The van der Waals surface area contributed by atoms with Crippen molar-refractivity contribution in [1.29, 1.82) is 0 Å². The lowest BCUT2D eigenvalue weighted by atomic mass is 10.1. The van der Waals surface area contributed by atoms with E-state index in [9.17, 15) is 9.18 Å². The normalized spacial score (nSPS) is 10.9. The molecule has 0 radical (unpaired) electrons. The fraction of sp³-hybridized carbons (Fsp3) is 0.136. The third-order valence-electron chi connectivity index (χ3n) is 4.39. The van der Waals surface area contributed by atoms with Crippen LogP contribution in [0, 0.1) is 5.82 Å². The van der Waals surface area contributed by atoms with E-state index in [1.165, 1.54) is 23.5 Å². The topological polar surface area (TPSA) is 46.1 Å². The number of hydrogen-bond acceptors (Lipinski definition) is 4. The predicted octanol–water partition coefficient (Wildman–Crippen LogP) is 5.00. The molecule has 0 spiro atoms. The second kappa shape index (κ2) is 8.27. The number of thiazole rings is 1. The van der Waals surface area contributed by atoms with Crippen molar-refractivity contribution < 1.29 is 9.18 Å². The number of aromatic nitrogens is 2. The number of anilines is 1. The van der Waals surface area contributed by atoms with Crippen molar-refractivity contribution in [3.8, 4) is 0 Å². The van der Waals surface area contributed by atoms with Crippen molar-refractivity contribution in [1.82, 2.24) is 9.97 Å². The Labute approximate surface area is 166 Å². The molecule has 2 aromatic heterocycles. The lowest BCUT2D eigenvalue weighted by Crippen LogP contribution is -2.30. The number of nitrogens with zero attached hydrogens (tertiary/aromatic N) is 3. The molecule has 2 aromatic carbocycles. The Morgan fingerprint density at radius 1 is 1.04 bits per heavy atom. The summed E-state index contributed by atoms with van der Waals surface area (Å²) in [6.07, 6.45) is 2.72. The number of rotatable bonds is 6. The second-order valence-corrected chi connectivity index (χ2v) is 7.40. The molecule has 1 amide bonds. The van der Waals surface area contributed by atoms with Gasteiger partial charge in [-0.05, 0) is 42.3 Å². The Morgan fingerprint density at radius 3 is 2.64 bits per heavy atom. The average Bonchev–Trinajstić information content (AvgIpc) is 3.14. The minimum absolute atomic E-state index is 0.0333. The number of carbonyl (C=O) groups is 1. The molecule has 0 aliphatic carbocycles. The molecule has 0 aliphatic rings. The molecule has 0 aliphatic heterocycles. The summed E-state index contributed by atoms with van der Waals surface area (Å²) in [5, 5.41) is 0.560. The Kier molecular flexibility index (Phi) is 5.39. The van der Waals surface area contributed by atoms with E-state index in [0.29, 0.717) is 30.0 Å². The van der Waals surface area contributed by atoms with Crippen molar-refractivity contribution in [3.63, 3.8) is 0 Å². The highest BCUT2D eigenvalue weighted by Gasteiger charge is 2.20. The first-order chi connectivity index (χ1) is 13.7. The third-order valence-corrected chi connectivity index (χ3v) is 5.43. The maximum atomic E-state index is 13.5. The van der Waals surface area contributed by atoms with E-state index in [1.807, 2.05) is 48.5 Å². The standard InChI is InChI=1S/C22H18FN3OS/c23-17-10-11-19-20(14-17)28-22(25-19)26(15-18-8-4-5-13-24-18)21(27)12-9-16-6-2-1-3-7-16/h1-8,10-11,13-14H,9,12,15H2. The van der Waals surface area contributed by atoms with Crippen LogP contribution in [0.3, 0.4) is 0 Å². The third kappa shape index (κ3) is 4.23. The molecule has 0 atom stereocenters. The molecular weight excluding hydrogens is 373 g/mol. The fourth-order valence-electron chi connectivity index (χ4n) is 2.95. The summed E-state index contributed by atoms with van der Waals surface area (Å²) in [7, 11) is 0. The molecule has 4 rings (SSSR count). The van der Waals surface area contributed by atoms with Gasteiger partial charge >= 0.3 is 0 Å². The molecule has 0 N–H and O–H groups in total. The second-order valence-electron chi connectivity index (χ2n) is 6.40. The van der Waals surface area contributed by atoms with Gasteiger partial charge in [-0.2, -0.15) is 0 Å². The Hall–Kier alpha value is -3.12. The minimum atomic E-state index is -0.311. The van der Waals surface area contributed by atoms with Gasteiger partial charge in [0.15, 0.2) is 5.13 Å². The van der Waals surface area contributed by atoms with E-state index in [0.717, 1.165) is 16.0 Å². The lowest BCUT2D eigenvalue weighted by molar-refractivity contribution is -0.118. The van der Waals surface area contributed by atoms with E-state index in [1.54, 1.807) is 17.2 Å². The van der Waals surface area contributed by atoms with Crippen LogP contribution in [0.5, 0.6) is 0 Å². The highest BCUT2D eigenvalue weighted by atomic mass is 32.1. The quantitative estimate of drug-likeness (QED) is 0.465. The first-order valence-electron chi connectivity index (χ1n) is 8.99. The van der Waals surface area contributed by atoms with E-state index < -0.39 is 0 Å². The Balaban J connectivity index is 1.61. The average molecular weight is 391 g/mol. The van der Waals surface area contributed by atoms with E-state index in [4.69, 9.17) is 0 Å². The largest absolute Gasteiger partial charge is 0.282 e. The van der Waals surface area contributed by atoms with Crippen LogP contribution in [0.15, 0.2) is 72.9 Å². The van der Waals surface area contributed by atoms with Crippen LogP contribution < -0.4 is 4.90 Å². The first kappa shape index (κ1) is 18.3. The van der Waals surface area contributed by atoms with Gasteiger partial charge in [0, 0.05) is 12.6 Å². The van der Waals surface area contributed by atoms with Gasteiger partial charge in [-0.25, -0.2) is 9.37 Å². The van der Waals surface area contributed by atoms with Gasteiger partial charge in [0.25, 0.3) is 0 Å². The van der Waals surface area contributed by atoms with Crippen molar-refractivity contribution in [2.45, 2.75) is 19.4 Å². The number of hydrogen-bond donors (Lipinski definition) is 0. The summed E-state index contributed by atoms with van der Waals surface area (Å²) in [5.74, 6) is -0.344. The molecule has 4 nitrogen and oxygen atoms in total. The van der Waals surface area contributed by atoms with Crippen molar-refractivity contribution in [3.05, 3.63) is 90.0 Å². The van der Waals surface area contributed by atoms with Crippen LogP contribution in [-0.2, 0) is 17.8 Å². The highest BCUT2D eigenvalue weighted by molar-refractivity contribution is 7.22. The maximum absolute atomic E-state index is 13.5. The number of benzene rings is 2. The number of pyridine rings is 1. The van der Waals surface area contributed by atoms with Gasteiger partial charge in [-0.3, -0.25) is 14.7 Å². The summed E-state index contributed by atoms with van der Waals surface area (Å²) in [6, 6.07) is 20.0. The zero-order chi connectivity index (χ0) is 19.3. The van der Waals surface area contributed by atoms with Gasteiger partial charge < -0.3 is 0 Å². The van der Waals surface area contributed by atoms with Crippen molar-refractivity contribution >= 4 is 32.6 Å². The maximum Gasteiger partial charge on any atom is 0.229 e. The van der Waals surface area contributed by atoms with Gasteiger partial charge in [0.1, 0.15) is 5.82 Å². The molecule has 4 aromatic rings. The number of halogens is 1. The summed E-state index contributed by atoms with van der Waals surface area (Å²) in [5.41, 5.74) is 2.57. The molecule has 0 saturated heterocycles. The molecule has 0 bridgehead atoms. The molecule has 0 saturated carbocycles. The van der Waals surface area contributed by atoms with E-state index in [-0.39, 0.29) is 11.7 Å². The zero-order valence-corrected chi connectivity index (χ0v) is 15.9. The lowest BCUT2D eigenvalue weighted by Gasteiger charge is -2.19. The summed E-state index contributed by atoms with van der Waals surface area (Å²) >= 11 is 1.31. The molecule has 0 fully saturated rings. The van der Waals surface area contributed by atoms with Crippen LogP contribution in [-0.4, -0.2) is 15.9 Å². The minimum Gasteiger partial charge on any atom is -0.282 e.